The first-order chi connectivity index (χ1) is 6.09. The minimum Gasteiger partial charge on any atom is -0.461 e. The first-order valence-corrected chi connectivity index (χ1v) is 4.80. The van der Waals surface area contributed by atoms with Crippen LogP contribution in [0, 0.1) is 0 Å². The minimum atomic E-state index is -0.533. The fourth-order valence-electron chi connectivity index (χ4n) is 1.21. The summed E-state index contributed by atoms with van der Waals surface area (Å²) < 4.78 is 6.86. The number of hydrogen-bond acceptors (Lipinski definition) is 4. The Morgan fingerprint density at radius 3 is 2.62 bits per heavy atom. The first kappa shape index (κ1) is 10.8. The van der Waals surface area contributed by atoms with Gasteiger partial charge in [0.2, 0.25) is 0 Å². The van der Waals surface area contributed by atoms with Crippen LogP contribution in [0.4, 0.5) is 0 Å². The molecule has 0 amide bonds. The molecule has 0 aromatic rings. The van der Waals surface area contributed by atoms with E-state index in [4.69, 9.17) is 22.2 Å². The molecule has 0 spiro atoms. The summed E-state index contributed by atoms with van der Waals surface area (Å²) in [6.07, 6.45) is 1.58. The van der Waals surface area contributed by atoms with E-state index in [1.165, 1.54) is 0 Å². The third kappa shape index (κ3) is 3.50. The maximum atomic E-state index is 11.1. The van der Waals surface area contributed by atoms with Gasteiger partial charge in [-0.2, -0.15) is 0 Å². The smallest absolute Gasteiger partial charge is 0.322 e. The van der Waals surface area contributed by atoms with Crippen LogP contribution in [-0.2, 0) is 9.53 Å². The highest BCUT2D eigenvalue weighted by Gasteiger charge is 2.22. The van der Waals surface area contributed by atoms with E-state index in [0.29, 0.717) is 0 Å². The second-order valence-electron chi connectivity index (χ2n) is 3.33. The van der Waals surface area contributed by atoms with Gasteiger partial charge < -0.3 is 10.5 Å². The lowest BCUT2D eigenvalue weighted by molar-refractivity contribution is -0.151. The fourth-order valence-corrected chi connectivity index (χ4v) is 1.41. The molecule has 1 heterocycles. The lowest BCUT2D eigenvalue weighted by Gasteiger charge is -2.27. The van der Waals surface area contributed by atoms with Crippen molar-refractivity contribution in [3.05, 3.63) is 0 Å². The summed E-state index contributed by atoms with van der Waals surface area (Å²) in [4.78, 5) is 11.1. The van der Waals surface area contributed by atoms with E-state index in [2.05, 4.69) is 0 Å². The number of nitrogens with zero attached hydrogens (tertiary/aromatic N) is 1. The number of carbonyl (C=O) groups is 1. The second kappa shape index (κ2) is 4.79. The number of halogens is 1. The summed E-state index contributed by atoms with van der Waals surface area (Å²) >= 11 is 5.75. The molecule has 1 atom stereocenters. The standard InChI is InChI=1S/C8H15ClN2O2/c1-6(10)8(12)13-7-2-4-11(9)5-3-7/h6-7H,2-5,10H2,1H3/t6-/m0/s1. The van der Waals surface area contributed by atoms with E-state index < -0.39 is 6.04 Å². The number of rotatable bonds is 2. The number of hydrogen-bond donors (Lipinski definition) is 1. The maximum Gasteiger partial charge on any atom is 0.322 e. The summed E-state index contributed by atoms with van der Waals surface area (Å²) in [5, 5.41) is 0. The van der Waals surface area contributed by atoms with Gasteiger partial charge in [-0.25, -0.2) is 4.42 Å². The molecule has 0 unspecified atom stereocenters. The Bertz CT molecular complexity index is 179. The quantitative estimate of drug-likeness (QED) is 0.528. The van der Waals surface area contributed by atoms with Crippen LogP contribution in [-0.4, -0.2) is 35.6 Å². The molecule has 5 heteroatoms. The topological polar surface area (TPSA) is 55.6 Å². The summed E-state index contributed by atoms with van der Waals surface area (Å²) in [7, 11) is 0. The molecule has 1 fully saturated rings. The zero-order chi connectivity index (χ0) is 9.84. The average Bonchev–Trinajstić information content (AvgIpc) is 2.08. The van der Waals surface area contributed by atoms with Gasteiger partial charge in [-0.3, -0.25) is 4.79 Å². The van der Waals surface area contributed by atoms with Crippen molar-refractivity contribution in [3.8, 4) is 0 Å². The molecule has 1 aliphatic rings. The van der Waals surface area contributed by atoms with Crippen LogP contribution in [0.5, 0.6) is 0 Å². The van der Waals surface area contributed by atoms with Gasteiger partial charge in [0, 0.05) is 13.1 Å². The van der Waals surface area contributed by atoms with Crippen LogP contribution in [0.25, 0.3) is 0 Å². The molecule has 76 valence electrons. The van der Waals surface area contributed by atoms with Gasteiger partial charge in [-0.05, 0) is 31.5 Å². The second-order valence-corrected chi connectivity index (χ2v) is 3.81. The molecule has 1 aliphatic heterocycles. The van der Waals surface area contributed by atoms with Crippen molar-refractivity contribution < 1.29 is 9.53 Å². The molecule has 1 saturated heterocycles. The van der Waals surface area contributed by atoms with E-state index >= 15 is 0 Å². The van der Waals surface area contributed by atoms with Crippen LogP contribution in [0.3, 0.4) is 0 Å². The van der Waals surface area contributed by atoms with E-state index in [1.807, 2.05) is 0 Å². The van der Waals surface area contributed by atoms with E-state index in [-0.39, 0.29) is 12.1 Å². The predicted octanol–water partition coefficient (Wildman–Crippen LogP) is 0.495. The molecule has 4 nitrogen and oxygen atoms in total. The van der Waals surface area contributed by atoms with Crippen LogP contribution in [0.2, 0.25) is 0 Å². The maximum absolute atomic E-state index is 11.1. The number of carbonyl (C=O) groups excluding carboxylic acids is 1. The molecule has 2 N–H and O–H groups in total. The largest absolute Gasteiger partial charge is 0.461 e. The van der Waals surface area contributed by atoms with Gasteiger partial charge in [0.15, 0.2) is 0 Å². The minimum absolute atomic E-state index is 0.00602. The Kier molecular flexibility index (Phi) is 3.96. The molecule has 0 radical (unpaired) electrons. The number of piperidine rings is 1. The van der Waals surface area contributed by atoms with Gasteiger partial charge in [0.25, 0.3) is 0 Å². The molecule has 13 heavy (non-hydrogen) atoms. The van der Waals surface area contributed by atoms with E-state index in [1.54, 1.807) is 11.3 Å². The number of esters is 1. The predicted molar refractivity (Wildman–Crippen MR) is 50.2 cm³/mol. The monoisotopic (exact) mass is 206 g/mol. The van der Waals surface area contributed by atoms with Crippen molar-refractivity contribution in [1.82, 2.24) is 4.42 Å². The van der Waals surface area contributed by atoms with Crippen LogP contribution < -0.4 is 5.73 Å². The Hall–Kier alpha value is -0.320. The Labute approximate surface area is 83.1 Å². The Balaban J connectivity index is 2.26. The molecule has 1 rings (SSSR count). The molecule has 0 aromatic heterocycles. The van der Waals surface area contributed by atoms with Crippen LogP contribution in [0.15, 0.2) is 0 Å². The van der Waals surface area contributed by atoms with Gasteiger partial charge in [0.05, 0.1) is 0 Å². The van der Waals surface area contributed by atoms with Crippen molar-refractivity contribution in [3.63, 3.8) is 0 Å². The molecule has 0 saturated carbocycles. The van der Waals surface area contributed by atoms with E-state index in [9.17, 15) is 4.79 Å². The highest BCUT2D eigenvalue weighted by molar-refractivity contribution is 6.13. The van der Waals surface area contributed by atoms with E-state index in [0.717, 1.165) is 25.9 Å². The highest BCUT2D eigenvalue weighted by atomic mass is 35.5. The fraction of sp³-hybridized carbons (Fsp3) is 0.875. The summed E-state index contributed by atoms with van der Waals surface area (Å²) in [6, 6.07) is -0.533. The van der Waals surface area contributed by atoms with Crippen molar-refractivity contribution in [2.45, 2.75) is 31.9 Å². The Morgan fingerprint density at radius 1 is 1.62 bits per heavy atom. The molecule has 0 aromatic carbocycles. The summed E-state index contributed by atoms with van der Waals surface area (Å²) in [6.45, 7) is 3.15. The molecule has 0 bridgehead atoms. The van der Waals surface area contributed by atoms with Gasteiger partial charge in [-0.1, -0.05) is 0 Å². The van der Waals surface area contributed by atoms with Gasteiger partial charge in [0.1, 0.15) is 12.1 Å². The van der Waals surface area contributed by atoms with Crippen LogP contribution in [0.1, 0.15) is 19.8 Å². The lowest BCUT2D eigenvalue weighted by atomic mass is 10.1. The normalized spacial score (nSPS) is 22.7. The van der Waals surface area contributed by atoms with Crippen molar-refractivity contribution >= 4 is 17.7 Å². The third-order valence-electron chi connectivity index (χ3n) is 2.04. The van der Waals surface area contributed by atoms with Crippen molar-refractivity contribution in [2.24, 2.45) is 5.73 Å². The van der Waals surface area contributed by atoms with Crippen molar-refractivity contribution in [1.29, 1.82) is 0 Å². The van der Waals surface area contributed by atoms with Gasteiger partial charge in [-0.15, -0.1) is 0 Å². The molecule has 0 aliphatic carbocycles. The highest BCUT2D eigenvalue weighted by Crippen LogP contribution is 2.15. The molecular formula is C8H15ClN2O2. The number of ether oxygens (including phenoxy) is 1. The summed E-state index contributed by atoms with van der Waals surface area (Å²) in [5.41, 5.74) is 5.37. The van der Waals surface area contributed by atoms with Gasteiger partial charge >= 0.3 is 5.97 Å². The zero-order valence-electron chi connectivity index (χ0n) is 7.70. The zero-order valence-corrected chi connectivity index (χ0v) is 8.46. The third-order valence-corrected chi connectivity index (χ3v) is 2.38. The average molecular weight is 207 g/mol. The first-order valence-electron chi connectivity index (χ1n) is 4.46. The lowest BCUT2D eigenvalue weighted by Crippen LogP contribution is -2.37. The van der Waals surface area contributed by atoms with Crippen molar-refractivity contribution in [2.75, 3.05) is 13.1 Å². The van der Waals surface area contributed by atoms with Crippen LogP contribution >= 0.6 is 11.8 Å². The SMILES string of the molecule is C[C@H](N)C(=O)OC1CCN(Cl)CC1. The number of nitrogens with two attached hydrogens (primary N) is 1. The summed E-state index contributed by atoms with van der Waals surface area (Å²) in [5.74, 6) is -0.326. The Morgan fingerprint density at radius 2 is 2.15 bits per heavy atom. The molecular weight excluding hydrogens is 192 g/mol.